The number of nitro benzene ring substituents is 1. The standard InChI is InChI=1S/C18H19ClN4O2/c19-18-7-6-17(23(24)25)12-16(18)13-20-22-10-8-21(9-11-22)14-15-4-2-1-3-5-15/h1-7,12-13H,8-11,14H2/b20-13+. The normalized spacial score (nSPS) is 15.6. The number of piperazine rings is 1. The molecule has 0 radical (unpaired) electrons. The molecule has 0 aromatic heterocycles. The Hall–Kier alpha value is -2.44. The highest BCUT2D eigenvalue weighted by atomic mass is 35.5. The number of hydrogen-bond acceptors (Lipinski definition) is 5. The van der Waals surface area contributed by atoms with Gasteiger partial charge in [0.15, 0.2) is 0 Å². The molecule has 1 fully saturated rings. The van der Waals surface area contributed by atoms with Crippen LogP contribution in [0, 0.1) is 10.1 Å². The summed E-state index contributed by atoms with van der Waals surface area (Å²) >= 11 is 6.09. The largest absolute Gasteiger partial charge is 0.295 e. The highest BCUT2D eigenvalue weighted by Crippen LogP contribution is 2.20. The van der Waals surface area contributed by atoms with Crippen LogP contribution in [0.3, 0.4) is 0 Å². The molecule has 1 aliphatic heterocycles. The molecule has 0 atom stereocenters. The van der Waals surface area contributed by atoms with E-state index in [0.29, 0.717) is 10.6 Å². The van der Waals surface area contributed by atoms with E-state index in [0.717, 1.165) is 32.7 Å². The van der Waals surface area contributed by atoms with E-state index in [1.165, 1.54) is 23.8 Å². The lowest BCUT2D eigenvalue weighted by Crippen LogP contribution is -2.43. The minimum absolute atomic E-state index is 0.0125. The lowest BCUT2D eigenvalue weighted by Gasteiger charge is -2.33. The van der Waals surface area contributed by atoms with Crippen LogP contribution < -0.4 is 0 Å². The van der Waals surface area contributed by atoms with Gasteiger partial charge in [-0.05, 0) is 11.6 Å². The van der Waals surface area contributed by atoms with Crippen LogP contribution in [0.1, 0.15) is 11.1 Å². The maximum absolute atomic E-state index is 10.9. The first kappa shape index (κ1) is 17.4. The van der Waals surface area contributed by atoms with Crippen molar-refractivity contribution in [3.63, 3.8) is 0 Å². The molecule has 7 heteroatoms. The fraction of sp³-hybridized carbons (Fsp3) is 0.278. The Morgan fingerprint density at radius 3 is 2.52 bits per heavy atom. The molecule has 0 bridgehead atoms. The molecule has 1 saturated heterocycles. The molecule has 0 N–H and O–H groups in total. The predicted octanol–water partition coefficient (Wildman–Crippen LogP) is 3.40. The summed E-state index contributed by atoms with van der Waals surface area (Å²) in [7, 11) is 0. The molecule has 2 aromatic rings. The third-order valence-corrected chi connectivity index (χ3v) is 4.49. The van der Waals surface area contributed by atoms with Gasteiger partial charge in [-0.25, -0.2) is 0 Å². The van der Waals surface area contributed by atoms with E-state index in [-0.39, 0.29) is 5.69 Å². The van der Waals surface area contributed by atoms with E-state index in [2.05, 4.69) is 34.3 Å². The third-order valence-electron chi connectivity index (χ3n) is 4.15. The first-order valence-corrected chi connectivity index (χ1v) is 8.49. The zero-order valence-electron chi connectivity index (χ0n) is 13.7. The van der Waals surface area contributed by atoms with Crippen molar-refractivity contribution in [3.05, 3.63) is 74.8 Å². The molecule has 6 nitrogen and oxygen atoms in total. The molecule has 0 aliphatic carbocycles. The highest BCUT2D eigenvalue weighted by Gasteiger charge is 2.15. The van der Waals surface area contributed by atoms with Crippen LogP contribution in [0.25, 0.3) is 0 Å². The average molecular weight is 359 g/mol. The van der Waals surface area contributed by atoms with Crippen LogP contribution in [-0.4, -0.2) is 47.2 Å². The molecule has 0 unspecified atom stereocenters. The average Bonchev–Trinajstić information content (AvgIpc) is 2.63. The second-order valence-electron chi connectivity index (χ2n) is 5.92. The summed E-state index contributed by atoms with van der Waals surface area (Å²) in [5.41, 5.74) is 1.88. The summed E-state index contributed by atoms with van der Waals surface area (Å²) in [5.74, 6) is 0. The minimum Gasteiger partial charge on any atom is -0.295 e. The van der Waals surface area contributed by atoms with E-state index in [1.54, 1.807) is 6.21 Å². The first-order valence-electron chi connectivity index (χ1n) is 8.11. The summed E-state index contributed by atoms with van der Waals surface area (Å²) in [5, 5.41) is 17.7. The fourth-order valence-corrected chi connectivity index (χ4v) is 2.91. The lowest BCUT2D eigenvalue weighted by atomic mass is 10.2. The van der Waals surface area contributed by atoms with Gasteiger partial charge < -0.3 is 0 Å². The van der Waals surface area contributed by atoms with Crippen LogP contribution >= 0.6 is 11.6 Å². The number of halogens is 1. The Bertz CT molecular complexity index is 759. The molecule has 1 heterocycles. The highest BCUT2D eigenvalue weighted by molar-refractivity contribution is 6.33. The van der Waals surface area contributed by atoms with Gasteiger partial charge in [0, 0.05) is 55.4 Å². The molecule has 130 valence electrons. The summed E-state index contributed by atoms with van der Waals surface area (Å²) in [6.07, 6.45) is 1.60. The maximum atomic E-state index is 10.9. The van der Waals surface area contributed by atoms with Crippen molar-refractivity contribution in [1.82, 2.24) is 9.91 Å². The topological polar surface area (TPSA) is 62.0 Å². The van der Waals surface area contributed by atoms with Crippen LogP contribution in [0.4, 0.5) is 5.69 Å². The molecule has 0 spiro atoms. The van der Waals surface area contributed by atoms with Gasteiger partial charge in [-0.1, -0.05) is 41.9 Å². The van der Waals surface area contributed by atoms with Crippen molar-refractivity contribution in [1.29, 1.82) is 0 Å². The first-order chi connectivity index (χ1) is 12.1. The predicted molar refractivity (Wildman–Crippen MR) is 99.0 cm³/mol. The Morgan fingerprint density at radius 1 is 1.12 bits per heavy atom. The van der Waals surface area contributed by atoms with Crippen LogP contribution in [0.15, 0.2) is 53.6 Å². The molecular weight excluding hydrogens is 340 g/mol. The molecule has 25 heavy (non-hydrogen) atoms. The summed E-state index contributed by atoms with van der Waals surface area (Å²) < 4.78 is 0. The van der Waals surface area contributed by atoms with Crippen molar-refractivity contribution < 1.29 is 4.92 Å². The Morgan fingerprint density at radius 2 is 1.84 bits per heavy atom. The van der Waals surface area contributed by atoms with Crippen molar-refractivity contribution in [2.45, 2.75) is 6.54 Å². The minimum atomic E-state index is -0.435. The van der Waals surface area contributed by atoms with Gasteiger partial charge in [0.05, 0.1) is 11.1 Å². The van der Waals surface area contributed by atoms with Crippen molar-refractivity contribution in [3.8, 4) is 0 Å². The van der Waals surface area contributed by atoms with Crippen molar-refractivity contribution in [2.24, 2.45) is 5.10 Å². The summed E-state index contributed by atoms with van der Waals surface area (Å²) in [6, 6.07) is 14.8. The maximum Gasteiger partial charge on any atom is 0.270 e. The van der Waals surface area contributed by atoms with Gasteiger partial charge in [0.25, 0.3) is 5.69 Å². The van der Waals surface area contributed by atoms with Gasteiger partial charge in [-0.2, -0.15) is 5.10 Å². The van der Waals surface area contributed by atoms with E-state index >= 15 is 0 Å². The Labute approximate surface area is 151 Å². The quantitative estimate of drug-likeness (QED) is 0.467. The van der Waals surface area contributed by atoms with Crippen LogP contribution in [-0.2, 0) is 6.54 Å². The smallest absolute Gasteiger partial charge is 0.270 e. The second-order valence-corrected chi connectivity index (χ2v) is 6.33. The zero-order chi connectivity index (χ0) is 17.6. The monoisotopic (exact) mass is 358 g/mol. The van der Waals surface area contributed by atoms with E-state index in [1.807, 2.05) is 11.1 Å². The van der Waals surface area contributed by atoms with E-state index in [4.69, 9.17) is 11.6 Å². The van der Waals surface area contributed by atoms with Crippen LogP contribution in [0.2, 0.25) is 5.02 Å². The molecule has 0 saturated carbocycles. The van der Waals surface area contributed by atoms with Gasteiger partial charge in [-0.15, -0.1) is 0 Å². The zero-order valence-corrected chi connectivity index (χ0v) is 14.5. The SMILES string of the molecule is O=[N+]([O-])c1ccc(Cl)c(/C=N/N2CCN(Cc3ccccc3)CC2)c1. The molecular formula is C18H19ClN4O2. The number of nitro groups is 1. The van der Waals surface area contributed by atoms with Crippen molar-refractivity contribution >= 4 is 23.5 Å². The van der Waals surface area contributed by atoms with Gasteiger partial charge >= 0.3 is 0 Å². The number of nitrogens with zero attached hydrogens (tertiary/aromatic N) is 4. The van der Waals surface area contributed by atoms with Gasteiger partial charge in [0.2, 0.25) is 0 Å². The van der Waals surface area contributed by atoms with Gasteiger partial charge in [-0.3, -0.25) is 20.0 Å². The molecule has 0 amide bonds. The lowest BCUT2D eigenvalue weighted by molar-refractivity contribution is -0.384. The van der Waals surface area contributed by atoms with Gasteiger partial charge in [0.1, 0.15) is 0 Å². The number of non-ortho nitro benzene ring substituents is 1. The summed E-state index contributed by atoms with van der Waals surface area (Å²) in [4.78, 5) is 12.8. The van der Waals surface area contributed by atoms with E-state index in [9.17, 15) is 10.1 Å². The Kier molecular flexibility index (Phi) is 5.63. The molecule has 1 aliphatic rings. The van der Waals surface area contributed by atoms with E-state index < -0.39 is 4.92 Å². The number of hydrazone groups is 1. The van der Waals surface area contributed by atoms with Crippen LogP contribution in [0.5, 0.6) is 0 Å². The molecule has 3 rings (SSSR count). The third kappa shape index (κ3) is 4.78. The number of benzene rings is 2. The second kappa shape index (κ2) is 8.09. The fourth-order valence-electron chi connectivity index (χ4n) is 2.74. The number of rotatable bonds is 5. The van der Waals surface area contributed by atoms with Crippen molar-refractivity contribution in [2.75, 3.05) is 26.2 Å². The number of hydrogen-bond donors (Lipinski definition) is 0. The Balaban J connectivity index is 1.56. The summed E-state index contributed by atoms with van der Waals surface area (Å²) in [6.45, 7) is 4.42. The molecule has 2 aromatic carbocycles.